The van der Waals surface area contributed by atoms with E-state index in [2.05, 4.69) is 19.2 Å². The summed E-state index contributed by atoms with van der Waals surface area (Å²) in [5, 5.41) is 2.86. The Labute approximate surface area is 144 Å². The number of nitrogens with zero attached hydrogens (tertiary/aromatic N) is 1. The van der Waals surface area contributed by atoms with E-state index in [9.17, 15) is 9.59 Å². The molecule has 1 fully saturated rings. The first-order valence-electron chi connectivity index (χ1n) is 9.21. The van der Waals surface area contributed by atoms with Crippen molar-refractivity contribution in [2.24, 2.45) is 11.8 Å². The third-order valence-electron chi connectivity index (χ3n) is 5.64. The van der Waals surface area contributed by atoms with Crippen molar-refractivity contribution in [2.75, 3.05) is 11.4 Å². The van der Waals surface area contributed by atoms with E-state index in [1.54, 1.807) is 6.92 Å². The van der Waals surface area contributed by atoms with Crippen LogP contribution in [0.5, 0.6) is 0 Å². The Balaban J connectivity index is 2.08. The van der Waals surface area contributed by atoms with Crippen molar-refractivity contribution in [3.8, 4) is 0 Å². The smallest absolute Gasteiger partial charge is 0.251 e. The zero-order valence-corrected chi connectivity index (χ0v) is 15.1. The highest BCUT2D eigenvalue weighted by molar-refractivity contribution is 5.98. The summed E-state index contributed by atoms with van der Waals surface area (Å²) in [6.45, 7) is 8.68. The molecule has 3 atom stereocenters. The number of hydrogen-bond acceptors (Lipinski definition) is 2. The maximum absolute atomic E-state index is 12.4. The van der Waals surface area contributed by atoms with Gasteiger partial charge < -0.3 is 10.2 Å². The van der Waals surface area contributed by atoms with Crippen LogP contribution >= 0.6 is 0 Å². The van der Waals surface area contributed by atoms with Gasteiger partial charge in [0.05, 0.1) is 0 Å². The molecular formula is C20H28N2O2. The van der Waals surface area contributed by atoms with Crippen molar-refractivity contribution in [1.29, 1.82) is 0 Å². The Kier molecular flexibility index (Phi) is 4.66. The van der Waals surface area contributed by atoms with Gasteiger partial charge >= 0.3 is 0 Å². The van der Waals surface area contributed by atoms with Crippen LogP contribution in [0.4, 0.5) is 5.69 Å². The number of anilines is 1. The van der Waals surface area contributed by atoms with Gasteiger partial charge in [-0.2, -0.15) is 0 Å². The summed E-state index contributed by atoms with van der Waals surface area (Å²) in [6, 6.07) is 6.14. The van der Waals surface area contributed by atoms with Gasteiger partial charge in [0.1, 0.15) is 0 Å². The number of carbonyl (C=O) groups excluding carboxylic acids is 2. The fourth-order valence-electron chi connectivity index (χ4n) is 4.44. The summed E-state index contributed by atoms with van der Waals surface area (Å²) >= 11 is 0. The van der Waals surface area contributed by atoms with Crippen molar-refractivity contribution in [3.63, 3.8) is 0 Å². The molecule has 0 bridgehead atoms. The van der Waals surface area contributed by atoms with E-state index in [1.807, 2.05) is 30.0 Å². The molecule has 4 nitrogen and oxygen atoms in total. The highest BCUT2D eigenvalue weighted by Crippen LogP contribution is 2.50. The highest BCUT2D eigenvalue weighted by Gasteiger charge is 2.46. The van der Waals surface area contributed by atoms with Crippen LogP contribution in [0.2, 0.25) is 0 Å². The quantitative estimate of drug-likeness (QED) is 0.916. The SMILES string of the molecule is CCNC(=O)c1ccc2c(c1)C(CC)C(C)C(C1CC1)N2C(C)=O. The molecule has 1 aliphatic heterocycles. The van der Waals surface area contributed by atoms with Crippen LogP contribution in [0.3, 0.4) is 0 Å². The van der Waals surface area contributed by atoms with Crippen molar-refractivity contribution in [2.45, 2.75) is 58.9 Å². The lowest BCUT2D eigenvalue weighted by atomic mass is 9.74. The minimum absolute atomic E-state index is 0.0403. The topological polar surface area (TPSA) is 49.4 Å². The van der Waals surface area contributed by atoms with Crippen LogP contribution in [0.25, 0.3) is 0 Å². The lowest BCUT2D eigenvalue weighted by molar-refractivity contribution is -0.117. The number of fused-ring (bicyclic) bond motifs is 1. The van der Waals surface area contributed by atoms with Crippen molar-refractivity contribution >= 4 is 17.5 Å². The van der Waals surface area contributed by atoms with Crippen molar-refractivity contribution < 1.29 is 9.59 Å². The van der Waals surface area contributed by atoms with E-state index in [1.165, 1.54) is 12.8 Å². The molecular weight excluding hydrogens is 300 g/mol. The Hall–Kier alpha value is -1.84. The van der Waals surface area contributed by atoms with E-state index >= 15 is 0 Å². The molecule has 3 rings (SSSR count). The Morgan fingerprint density at radius 2 is 1.96 bits per heavy atom. The fourth-order valence-corrected chi connectivity index (χ4v) is 4.44. The van der Waals surface area contributed by atoms with Gasteiger partial charge in [-0.25, -0.2) is 0 Å². The van der Waals surface area contributed by atoms with Gasteiger partial charge in [-0.15, -0.1) is 0 Å². The standard InChI is InChI=1S/C20H28N2O2/c1-5-16-12(3)19(14-7-8-14)22(13(4)23)18-10-9-15(11-17(16)18)20(24)21-6-2/h9-12,14,16,19H,5-8H2,1-4H3,(H,21,24). The first-order valence-corrected chi connectivity index (χ1v) is 9.21. The molecule has 0 radical (unpaired) electrons. The molecule has 4 heteroatoms. The zero-order valence-electron chi connectivity index (χ0n) is 15.1. The maximum atomic E-state index is 12.4. The van der Waals surface area contributed by atoms with E-state index in [4.69, 9.17) is 0 Å². The molecule has 2 amide bonds. The first kappa shape index (κ1) is 17.0. The zero-order chi connectivity index (χ0) is 17.4. The molecule has 1 aliphatic carbocycles. The second-order valence-corrected chi connectivity index (χ2v) is 7.22. The largest absolute Gasteiger partial charge is 0.352 e. The predicted octanol–water partition coefficient (Wildman–Crippen LogP) is 3.71. The summed E-state index contributed by atoms with van der Waals surface area (Å²) < 4.78 is 0. The summed E-state index contributed by atoms with van der Waals surface area (Å²) in [7, 11) is 0. The summed E-state index contributed by atoms with van der Waals surface area (Å²) in [5.41, 5.74) is 2.85. The molecule has 1 N–H and O–H groups in total. The van der Waals surface area contributed by atoms with Gasteiger partial charge in [-0.1, -0.05) is 13.8 Å². The van der Waals surface area contributed by atoms with E-state index in [0.717, 1.165) is 17.7 Å². The van der Waals surface area contributed by atoms with Gasteiger partial charge in [-0.3, -0.25) is 9.59 Å². The second kappa shape index (κ2) is 6.58. The normalized spacial score (nSPS) is 26.0. The predicted molar refractivity (Wildman–Crippen MR) is 96.3 cm³/mol. The number of carbonyl (C=O) groups is 2. The number of rotatable bonds is 4. The van der Waals surface area contributed by atoms with Crippen LogP contribution < -0.4 is 10.2 Å². The summed E-state index contributed by atoms with van der Waals surface area (Å²) in [4.78, 5) is 26.6. The lowest BCUT2D eigenvalue weighted by Crippen LogP contribution is -2.50. The molecule has 130 valence electrons. The Bertz CT molecular complexity index is 651. The van der Waals surface area contributed by atoms with E-state index < -0.39 is 0 Å². The third-order valence-corrected chi connectivity index (χ3v) is 5.64. The highest BCUT2D eigenvalue weighted by atomic mass is 16.2. The van der Waals surface area contributed by atoms with Crippen molar-refractivity contribution in [1.82, 2.24) is 5.32 Å². The molecule has 0 aromatic heterocycles. The summed E-state index contributed by atoms with van der Waals surface area (Å²) in [6.07, 6.45) is 3.48. The minimum Gasteiger partial charge on any atom is -0.352 e. The molecule has 1 saturated carbocycles. The van der Waals surface area contributed by atoms with Crippen LogP contribution in [-0.4, -0.2) is 24.4 Å². The van der Waals surface area contributed by atoms with Crippen LogP contribution in [0, 0.1) is 11.8 Å². The van der Waals surface area contributed by atoms with Crippen LogP contribution in [0.15, 0.2) is 18.2 Å². The van der Waals surface area contributed by atoms with Gasteiger partial charge in [0.2, 0.25) is 5.91 Å². The average molecular weight is 328 g/mol. The number of nitrogens with one attached hydrogen (secondary N) is 1. The second-order valence-electron chi connectivity index (χ2n) is 7.22. The van der Waals surface area contributed by atoms with Gasteiger partial charge in [0.15, 0.2) is 0 Å². The monoisotopic (exact) mass is 328 g/mol. The summed E-state index contributed by atoms with van der Waals surface area (Å²) in [5.74, 6) is 1.52. The number of benzene rings is 1. The molecule has 2 aliphatic rings. The fraction of sp³-hybridized carbons (Fsp3) is 0.600. The molecule has 1 aromatic carbocycles. The van der Waals surface area contributed by atoms with Gasteiger partial charge in [0, 0.05) is 30.8 Å². The number of amides is 2. The first-order chi connectivity index (χ1) is 11.5. The Morgan fingerprint density at radius 3 is 2.50 bits per heavy atom. The minimum atomic E-state index is -0.0403. The van der Waals surface area contributed by atoms with Gasteiger partial charge in [0.25, 0.3) is 5.91 Å². The van der Waals surface area contributed by atoms with E-state index in [-0.39, 0.29) is 11.8 Å². The molecule has 0 spiro atoms. The Morgan fingerprint density at radius 1 is 1.25 bits per heavy atom. The maximum Gasteiger partial charge on any atom is 0.251 e. The van der Waals surface area contributed by atoms with Crippen molar-refractivity contribution in [3.05, 3.63) is 29.3 Å². The molecule has 24 heavy (non-hydrogen) atoms. The molecule has 3 unspecified atom stereocenters. The van der Waals surface area contributed by atoms with E-state index in [0.29, 0.717) is 35.9 Å². The lowest BCUT2D eigenvalue weighted by Gasteiger charge is -2.45. The molecule has 0 saturated heterocycles. The molecule has 1 aromatic rings. The van der Waals surface area contributed by atoms with Gasteiger partial charge in [-0.05, 0) is 67.7 Å². The third kappa shape index (κ3) is 2.83. The average Bonchev–Trinajstić information content (AvgIpc) is 3.38. The number of hydrogen-bond donors (Lipinski definition) is 1. The van der Waals surface area contributed by atoms with Crippen LogP contribution in [-0.2, 0) is 4.79 Å². The molecule has 1 heterocycles. The van der Waals surface area contributed by atoms with Crippen LogP contribution in [0.1, 0.15) is 68.8 Å².